The van der Waals surface area contributed by atoms with Crippen molar-refractivity contribution in [3.63, 3.8) is 0 Å². The van der Waals surface area contributed by atoms with Crippen molar-refractivity contribution >= 4 is 17.3 Å². The lowest BCUT2D eigenvalue weighted by molar-refractivity contribution is 0.349. The van der Waals surface area contributed by atoms with Gasteiger partial charge in [-0.2, -0.15) is 0 Å². The van der Waals surface area contributed by atoms with E-state index in [1.165, 1.54) is 5.69 Å². The first-order chi connectivity index (χ1) is 8.09. The van der Waals surface area contributed by atoms with E-state index in [1.54, 1.807) is 0 Å². The minimum Gasteiger partial charge on any atom is -0.364 e. The molecule has 0 bridgehead atoms. The Morgan fingerprint density at radius 3 is 2.71 bits per heavy atom. The van der Waals surface area contributed by atoms with E-state index in [0.717, 1.165) is 18.1 Å². The third kappa shape index (κ3) is 2.75. The highest BCUT2D eigenvalue weighted by molar-refractivity contribution is 6.33. The quantitative estimate of drug-likeness (QED) is 0.870. The van der Waals surface area contributed by atoms with Crippen molar-refractivity contribution < 1.29 is 0 Å². The second-order valence-corrected chi connectivity index (χ2v) is 5.63. The van der Waals surface area contributed by atoms with Crippen LogP contribution in [0.25, 0.3) is 0 Å². The van der Waals surface area contributed by atoms with Crippen LogP contribution in [-0.4, -0.2) is 25.2 Å². The van der Waals surface area contributed by atoms with E-state index in [-0.39, 0.29) is 0 Å². The van der Waals surface area contributed by atoms with Crippen LogP contribution in [0.4, 0.5) is 5.69 Å². The number of anilines is 1. The van der Waals surface area contributed by atoms with Crippen LogP contribution in [0.2, 0.25) is 5.02 Å². The van der Waals surface area contributed by atoms with Crippen LogP contribution in [0.3, 0.4) is 0 Å². The molecular formula is C14H21ClN2. The third-order valence-electron chi connectivity index (χ3n) is 3.48. The van der Waals surface area contributed by atoms with Gasteiger partial charge in [0.15, 0.2) is 0 Å². The molecule has 17 heavy (non-hydrogen) atoms. The monoisotopic (exact) mass is 252 g/mol. The second kappa shape index (κ2) is 5.28. The van der Waals surface area contributed by atoms with Crippen LogP contribution in [0.15, 0.2) is 24.3 Å². The van der Waals surface area contributed by atoms with Crippen molar-refractivity contribution in [1.82, 2.24) is 5.32 Å². The summed E-state index contributed by atoms with van der Waals surface area (Å²) in [6, 6.07) is 9.18. The van der Waals surface area contributed by atoms with Crippen molar-refractivity contribution in [2.24, 2.45) is 5.92 Å². The summed E-state index contributed by atoms with van der Waals surface area (Å²) in [5, 5.41) is 4.40. The van der Waals surface area contributed by atoms with Crippen LogP contribution in [0.1, 0.15) is 20.8 Å². The molecule has 0 aromatic heterocycles. The maximum Gasteiger partial charge on any atom is 0.0639 e. The van der Waals surface area contributed by atoms with Gasteiger partial charge in [-0.05, 0) is 25.0 Å². The molecule has 1 aliphatic heterocycles. The van der Waals surface area contributed by atoms with Gasteiger partial charge >= 0.3 is 0 Å². The number of benzene rings is 1. The molecule has 2 rings (SSSR count). The molecule has 1 aliphatic rings. The summed E-state index contributed by atoms with van der Waals surface area (Å²) < 4.78 is 0. The number of halogens is 1. The van der Waals surface area contributed by atoms with E-state index < -0.39 is 0 Å². The van der Waals surface area contributed by atoms with E-state index in [4.69, 9.17) is 11.6 Å². The van der Waals surface area contributed by atoms with Gasteiger partial charge in [0, 0.05) is 25.2 Å². The molecule has 1 N–H and O–H groups in total. The zero-order valence-electron chi connectivity index (χ0n) is 10.8. The first-order valence-electron chi connectivity index (χ1n) is 6.34. The number of nitrogens with one attached hydrogen (secondary N) is 1. The maximum absolute atomic E-state index is 6.31. The number of hydrogen-bond donors (Lipinski definition) is 1. The van der Waals surface area contributed by atoms with Crippen molar-refractivity contribution in [2.45, 2.75) is 32.9 Å². The number of hydrogen-bond acceptors (Lipinski definition) is 2. The van der Waals surface area contributed by atoms with Gasteiger partial charge in [0.1, 0.15) is 0 Å². The Morgan fingerprint density at radius 2 is 2.06 bits per heavy atom. The van der Waals surface area contributed by atoms with Crippen LogP contribution >= 0.6 is 11.6 Å². The molecule has 2 unspecified atom stereocenters. The second-order valence-electron chi connectivity index (χ2n) is 5.22. The first kappa shape index (κ1) is 12.7. The van der Waals surface area contributed by atoms with Gasteiger partial charge < -0.3 is 10.2 Å². The van der Waals surface area contributed by atoms with Gasteiger partial charge in [-0.3, -0.25) is 0 Å². The Kier molecular flexibility index (Phi) is 3.95. The van der Waals surface area contributed by atoms with E-state index >= 15 is 0 Å². The molecule has 1 aromatic carbocycles. The fourth-order valence-electron chi connectivity index (χ4n) is 2.48. The highest BCUT2D eigenvalue weighted by Crippen LogP contribution is 2.30. The highest BCUT2D eigenvalue weighted by Gasteiger charge is 2.29. The lowest BCUT2D eigenvalue weighted by Gasteiger charge is -2.43. The molecule has 94 valence electrons. The van der Waals surface area contributed by atoms with Gasteiger partial charge in [-0.1, -0.05) is 37.6 Å². The Hall–Kier alpha value is -0.730. The van der Waals surface area contributed by atoms with Crippen molar-refractivity contribution in [1.29, 1.82) is 0 Å². The topological polar surface area (TPSA) is 15.3 Å². The Bertz CT molecular complexity index is 378. The Balaban J connectivity index is 2.29. The average Bonchev–Trinajstić information content (AvgIpc) is 2.29. The summed E-state index contributed by atoms with van der Waals surface area (Å²) in [5.41, 5.74) is 1.17. The van der Waals surface area contributed by atoms with Crippen LogP contribution in [-0.2, 0) is 0 Å². The molecule has 0 spiro atoms. The van der Waals surface area contributed by atoms with Gasteiger partial charge in [0.25, 0.3) is 0 Å². The highest BCUT2D eigenvalue weighted by atomic mass is 35.5. The lowest BCUT2D eigenvalue weighted by Crippen LogP contribution is -2.57. The summed E-state index contributed by atoms with van der Waals surface area (Å²) >= 11 is 6.31. The molecule has 3 heteroatoms. The number of nitrogens with zero attached hydrogens (tertiary/aromatic N) is 1. The van der Waals surface area contributed by atoms with E-state index in [2.05, 4.69) is 43.1 Å². The summed E-state index contributed by atoms with van der Waals surface area (Å²) in [7, 11) is 0. The molecular weight excluding hydrogens is 232 g/mol. The molecule has 1 fully saturated rings. The number of para-hydroxylation sites is 1. The molecule has 0 radical (unpaired) electrons. The fraction of sp³-hybridized carbons (Fsp3) is 0.571. The summed E-state index contributed by atoms with van der Waals surface area (Å²) in [5.74, 6) is 0.617. The molecule has 0 aliphatic carbocycles. The summed E-state index contributed by atoms with van der Waals surface area (Å²) in [6.45, 7) is 8.81. The van der Waals surface area contributed by atoms with Crippen molar-refractivity contribution in [3.8, 4) is 0 Å². The molecule has 2 nitrogen and oxygen atoms in total. The standard InChI is InChI=1S/C14H21ClN2/c1-10(2)14-8-16-11(3)9-17(14)13-7-5-4-6-12(13)15/h4-7,10-11,14,16H,8-9H2,1-3H3. The number of rotatable bonds is 2. The molecule has 1 heterocycles. The van der Waals surface area contributed by atoms with Gasteiger partial charge in [0.2, 0.25) is 0 Å². The molecule has 1 saturated heterocycles. The minimum absolute atomic E-state index is 0.515. The normalized spacial score (nSPS) is 25.4. The van der Waals surface area contributed by atoms with Crippen molar-refractivity contribution in [2.75, 3.05) is 18.0 Å². The van der Waals surface area contributed by atoms with E-state index in [0.29, 0.717) is 18.0 Å². The SMILES string of the molecule is CC1CN(c2ccccc2Cl)C(C(C)C)CN1. The van der Waals surface area contributed by atoms with Gasteiger partial charge in [-0.25, -0.2) is 0 Å². The summed E-state index contributed by atoms with van der Waals surface area (Å²) in [4.78, 5) is 2.45. The lowest BCUT2D eigenvalue weighted by atomic mass is 9.98. The van der Waals surface area contributed by atoms with Crippen LogP contribution in [0, 0.1) is 5.92 Å². The van der Waals surface area contributed by atoms with Gasteiger partial charge in [-0.15, -0.1) is 0 Å². The van der Waals surface area contributed by atoms with Gasteiger partial charge in [0.05, 0.1) is 10.7 Å². The minimum atomic E-state index is 0.515. The van der Waals surface area contributed by atoms with Crippen LogP contribution < -0.4 is 10.2 Å². The zero-order chi connectivity index (χ0) is 12.4. The Labute approximate surface area is 109 Å². The third-order valence-corrected chi connectivity index (χ3v) is 3.80. The molecule has 0 saturated carbocycles. The molecule has 2 atom stereocenters. The van der Waals surface area contributed by atoms with E-state index in [1.807, 2.05) is 12.1 Å². The van der Waals surface area contributed by atoms with Crippen molar-refractivity contribution in [3.05, 3.63) is 29.3 Å². The van der Waals surface area contributed by atoms with Crippen LogP contribution in [0.5, 0.6) is 0 Å². The summed E-state index contributed by atoms with van der Waals surface area (Å²) in [6.07, 6.45) is 0. The predicted molar refractivity (Wildman–Crippen MR) is 74.9 cm³/mol. The smallest absolute Gasteiger partial charge is 0.0639 e. The largest absolute Gasteiger partial charge is 0.364 e. The predicted octanol–water partition coefficient (Wildman–Crippen LogP) is 3.16. The average molecular weight is 253 g/mol. The maximum atomic E-state index is 6.31. The van der Waals surface area contributed by atoms with E-state index in [9.17, 15) is 0 Å². The number of piperazine rings is 1. The Morgan fingerprint density at radius 1 is 1.35 bits per heavy atom. The fourth-order valence-corrected chi connectivity index (χ4v) is 2.73. The first-order valence-corrected chi connectivity index (χ1v) is 6.72. The zero-order valence-corrected chi connectivity index (χ0v) is 11.5. The molecule has 0 amide bonds. The molecule has 1 aromatic rings.